The van der Waals surface area contributed by atoms with E-state index in [2.05, 4.69) is 45.0 Å². The Morgan fingerprint density at radius 2 is 2.26 bits per heavy atom. The van der Waals surface area contributed by atoms with Crippen molar-refractivity contribution in [2.45, 2.75) is 38.8 Å². The van der Waals surface area contributed by atoms with Crippen molar-refractivity contribution in [1.29, 1.82) is 0 Å². The van der Waals surface area contributed by atoms with Crippen molar-refractivity contribution in [3.05, 3.63) is 29.7 Å². The zero-order chi connectivity index (χ0) is 15.8. The second-order valence-corrected chi connectivity index (χ2v) is 7.28. The molecule has 1 aliphatic rings. The van der Waals surface area contributed by atoms with E-state index in [4.69, 9.17) is 4.98 Å². The van der Waals surface area contributed by atoms with Gasteiger partial charge in [0.2, 0.25) is 0 Å². The van der Waals surface area contributed by atoms with Gasteiger partial charge in [0.05, 0.1) is 24.3 Å². The average Bonchev–Trinajstić information content (AvgIpc) is 3.09. The van der Waals surface area contributed by atoms with Crippen LogP contribution in [-0.2, 0) is 0 Å². The number of anilines is 1. The SMILES string of the molecule is Cc1cn2c(-c3cncc(N[C@@H]4CCCNC4C)n3)cnc2s1. The van der Waals surface area contributed by atoms with Crippen LogP contribution < -0.4 is 10.6 Å². The summed E-state index contributed by atoms with van der Waals surface area (Å²) in [4.78, 5) is 15.8. The molecule has 0 aromatic carbocycles. The summed E-state index contributed by atoms with van der Waals surface area (Å²) in [6.45, 7) is 5.39. The molecule has 0 bridgehead atoms. The van der Waals surface area contributed by atoms with E-state index in [1.54, 1.807) is 23.7 Å². The molecule has 2 atom stereocenters. The lowest BCUT2D eigenvalue weighted by atomic mass is 10.00. The van der Waals surface area contributed by atoms with Gasteiger partial charge in [0.1, 0.15) is 11.5 Å². The van der Waals surface area contributed by atoms with Gasteiger partial charge in [0.15, 0.2) is 4.96 Å². The van der Waals surface area contributed by atoms with E-state index < -0.39 is 0 Å². The summed E-state index contributed by atoms with van der Waals surface area (Å²) in [5, 5.41) is 7.02. The maximum absolute atomic E-state index is 4.75. The molecule has 0 spiro atoms. The molecule has 1 unspecified atom stereocenters. The molecular weight excluding hydrogens is 308 g/mol. The van der Waals surface area contributed by atoms with E-state index in [1.165, 1.54) is 11.3 Å². The van der Waals surface area contributed by atoms with Gasteiger partial charge < -0.3 is 10.6 Å². The highest BCUT2D eigenvalue weighted by atomic mass is 32.1. The Labute approximate surface area is 139 Å². The number of fused-ring (bicyclic) bond motifs is 1. The Kier molecular flexibility index (Phi) is 3.74. The summed E-state index contributed by atoms with van der Waals surface area (Å²) < 4.78 is 2.08. The first-order valence-corrected chi connectivity index (χ1v) is 8.78. The predicted octanol–water partition coefficient (Wildman–Crippen LogP) is 2.71. The van der Waals surface area contributed by atoms with Gasteiger partial charge in [-0.3, -0.25) is 9.38 Å². The van der Waals surface area contributed by atoms with Gasteiger partial charge in [0, 0.05) is 23.2 Å². The molecule has 3 aromatic rings. The Balaban J connectivity index is 1.63. The van der Waals surface area contributed by atoms with Gasteiger partial charge in [-0.25, -0.2) is 9.97 Å². The summed E-state index contributed by atoms with van der Waals surface area (Å²) in [7, 11) is 0. The summed E-state index contributed by atoms with van der Waals surface area (Å²) >= 11 is 1.68. The van der Waals surface area contributed by atoms with Crippen LogP contribution in [0, 0.1) is 6.92 Å². The Hall–Kier alpha value is -1.99. The van der Waals surface area contributed by atoms with Gasteiger partial charge in [0.25, 0.3) is 0 Å². The van der Waals surface area contributed by atoms with Crippen LogP contribution in [0.5, 0.6) is 0 Å². The number of nitrogens with one attached hydrogen (secondary N) is 2. The van der Waals surface area contributed by atoms with Crippen molar-refractivity contribution in [2.24, 2.45) is 0 Å². The first-order valence-electron chi connectivity index (χ1n) is 7.96. The zero-order valence-electron chi connectivity index (χ0n) is 13.3. The topological polar surface area (TPSA) is 67.1 Å². The minimum Gasteiger partial charge on any atom is -0.364 e. The molecule has 120 valence electrons. The molecule has 2 N–H and O–H groups in total. The molecule has 3 aromatic heterocycles. The lowest BCUT2D eigenvalue weighted by molar-refractivity contribution is 0.388. The molecular formula is C16H20N6S. The molecule has 1 aliphatic heterocycles. The third-order valence-corrected chi connectivity index (χ3v) is 5.23. The van der Waals surface area contributed by atoms with Crippen LogP contribution >= 0.6 is 11.3 Å². The number of imidazole rings is 1. The van der Waals surface area contributed by atoms with Crippen molar-refractivity contribution >= 4 is 22.1 Å². The van der Waals surface area contributed by atoms with Crippen molar-refractivity contribution in [1.82, 2.24) is 24.7 Å². The van der Waals surface area contributed by atoms with Crippen LogP contribution in [-0.4, -0.2) is 38.0 Å². The molecule has 1 fully saturated rings. The smallest absolute Gasteiger partial charge is 0.194 e. The molecule has 23 heavy (non-hydrogen) atoms. The number of aryl methyl sites for hydroxylation is 1. The third-order valence-electron chi connectivity index (χ3n) is 4.32. The van der Waals surface area contributed by atoms with E-state index in [0.717, 1.165) is 35.1 Å². The highest BCUT2D eigenvalue weighted by Crippen LogP contribution is 2.25. The lowest BCUT2D eigenvalue weighted by Gasteiger charge is -2.30. The normalized spacial score (nSPS) is 21.7. The van der Waals surface area contributed by atoms with Gasteiger partial charge in [-0.15, -0.1) is 11.3 Å². The fourth-order valence-corrected chi connectivity index (χ4v) is 3.88. The van der Waals surface area contributed by atoms with E-state index in [-0.39, 0.29) is 0 Å². The summed E-state index contributed by atoms with van der Waals surface area (Å²) in [5.74, 6) is 0.824. The number of hydrogen-bond acceptors (Lipinski definition) is 6. The van der Waals surface area contributed by atoms with E-state index in [0.29, 0.717) is 12.1 Å². The zero-order valence-corrected chi connectivity index (χ0v) is 14.1. The average molecular weight is 328 g/mol. The molecule has 7 heteroatoms. The molecule has 0 saturated carbocycles. The summed E-state index contributed by atoms with van der Waals surface area (Å²) in [6, 6.07) is 0.831. The van der Waals surface area contributed by atoms with Gasteiger partial charge in [-0.05, 0) is 33.2 Å². The predicted molar refractivity (Wildman–Crippen MR) is 92.9 cm³/mol. The van der Waals surface area contributed by atoms with Crippen LogP contribution in [0.25, 0.3) is 16.3 Å². The Bertz CT molecular complexity index is 823. The number of hydrogen-bond donors (Lipinski definition) is 2. The fraction of sp³-hybridized carbons (Fsp3) is 0.438. The fourth-order valence-electron chi connectivity index (χ4n) is 3.08. The van der Waals surface area contributed by atoms with Crippen LogP contribution in [0.15, 0.2) is 24.8 Å². The molecule has 6 nitrogen and oxygen atoms in total. The van der Waals surface area contributed by atoms with E-state index in [9.17, 15) is 0 Å². The van der Waals surface area contributed by atoms with E-state index >= 15 is 0 Å². The lowest BCUT2D eigenvalue weighted by Crippen LogP contribution is -2.46. The monoisotopic (exact) mass is 328 g/mol. The summed E-state index contributed by atoms with van der Waals surface area (Å²) in [6.07, 6.45) is 9.89. The van der Waals surface area contributed by atoms with Crippen LogP contribution in [0.3, 0.4) is 0 Å². The molecule has 4 heterocycles. The number of piperidine rings is 1. The van der Waals surface area contributed by atoms with Crippen molar-refractivity contribution in [3.63, 3.8) is 0 Å². The van der Waals surface area contributed by atoms with Crippen molar-refractivity contribution in [3.8, 4) is 11.4 Å². The second kappa shape index (κ2) is 5.90. The minimum atomic E-state index is 0.391. The third kappa shape index (κ3) is 2.82. The minimum absolute atomic E-state index is 0.391. The summed E-state index contributed by atoms with van der Waals surface area (Å²) in [5.41, 5.74) is 1.83. The van der Waals surface area contributed by atoms with Crippen LogP contribution in [0.2, 0.25) is 0 Å². The maximum Gasteiger partial charge on any atom is 0.194 e. The number of aromatic nitrogens is 4. The van der Waals surface area contributed by atoms with E-state index in [1.807, 2.05) is 6.20 Å². The standard InChI is InChI=1S/C16H20N6S/c1-10-9-22-14(7-19-16(22)23-10)13-6-17-8-15(21-13)20-12-4-3-5-18-11(12)2/h6-9,11-12,18H,3-5H2,1-2H3,(H,20,21)/t11?,12-/m1/s1. The number of nitrogens with zero attached hydrogens (tertiary/aromatic N) is 4. The van der Waals surface area contributed by atoms with Crippen LogP contribution in [0.4, 0.5) is 5.82 Å². The Morgan fingerprint density at radius 1 is 1.35 bits per heavy atom. The molecule has 1 saturated heterocycles. The molecule has 4 rings (SSSR count). The molecule has 0 aliphatic carbocycles. The molecule has 0 radical (unpaired) electrons. The largest absolute Gasteiger partial charge is 0.364 e. The van der Waals surface area contributed by atoms with Crippen molar-refractivity contribution < 1.29 is 0 Å². The van der Waals surface area contributed by atoms with Gasteiger partial charge >= 0.3 is 0 Å². The number of rotatable bonds is 3. The maximum atomic E-state index is 4.75. The van der Waals surface area contributed by atoms with Gasteiger partial charge in [-0.2, -0.15) is 0 Å². The first-order chi connectivity index (χ1) is 11.2. The second-order valence-electron chi connectivity index (χ2n) is 6.06. The number of thiazole rings is 1. The quantitative estimate of drug-likeness (QED) is 0.774. The first kappa shape index (κ1) is 14.6. The molecule has 0 amide bonds. The highest BCUT2D eigenvalue weighted by molar-refractivity contribution is 7.17. The Morgan fingerprint density at radius 3 is 3.13 bits per heavy atom. The van der Waals surface area contributed by atoms with Crippen molar-refractivity contribution in [2.75, 3.05) is 11.9 Å². The van der Waals surface area contributed by atoms with Gasteiger partial charge in [-0.1, -0.05) is 0 Å². The highest BCUT2D eigenvalue weighted by Gasteiger charge is 2.21. The van der Waals surface area contributed by atoms with Crippen LogP contribution in [0.1, 0.15) is 24.6 Å².